The molecule has 3 aromatic rings. The molecule has 1 atom stereocenters. The molecule has 0 N–H and O–H groups in total. The van der Waals surface area contributed by atoms with Crippen molar-refractivity contribution >= 4 is 33.5 Å². The van der Waals surface area contributed by atoms with Crippen LogP contribution in [-0.2, 0) is 4.79 Å². The molecule has 23 heavy (non-hydrogen) atoms. The Hall–Kier alpha value is -2.46. The van der Waals surface area contributed by atoms with Crippen LogP contribution in [0.1, 0.15) is 23.5 Å². The van der Waals surface area contributed by atoms with Crippen LogP contribution in [0.15, 0.2) is 60.7 Å². The van der Waals surface area contributed by atoms with E-state index in [2.05, 4.69) is 11.1 Å². The fraction of sp³-hybridized carbons (Fsp3) is 0.158. The van der Waals surface area contributed by atoms with Crippen LogP contribution in [0.4, 0.5) is 0 Å². The van der Waals surface area contributed by atoms with Gasteiger partial charge in [0.25, 0.3) is 0 Å². The van der Waals surface area contributed by atoms with Gasteiger partial charge in [0.1, 0.15) is 5.01 Å². The van der Waals surface area contributed by atoms with Gasteiger partial charge in [-0.15, -0.1) is 11.3 Å². The van der Waals surface area contributed by atoms with Gasteiger partial charge in [-0.05, 0) is 30.7 Å². The van der Waals surface area contributed by atoms with E-state index in [1.54, 1.807) is 22.3 Å². The largest absolute Gasteiger partial charge is 0.333 e. The lowest BCUT2D eigenvalue weighted by atomic mass is 10.2. The Morgan fingerprint density at radius 1 is 1.13 bits per heavy atom. The zero-order valence-electron chi connectivity index (χ0n) is 13.1. The van der Waals surface area contributed by atoms with Crippen molar-refractivity contribution in [3.8, 4) is 0 Å². The zero-order chi connectivity index (χ0) is 16.2. The van der Waals surface area contributed by atoms with Gasteiger partial charge in [-0.2, -0.15) is 0 Å². The number of likely N-dealkylation sites (N-methyl/N-ethyl adjacent to an activating group) is 1. The number of hydrogen-bond donors (Lipinski definition) is 0. The van der Waals surface area contributed by atoms with Gasteiger partial charge in [-0.3, -0.25) is 4.79 Å². The summed E-state index contributed by atoms with van der Waals surface area (Å²) in [5, 5.41) is 0.954. The molecule has 0 radical (unpaired) electrons. The number of benzene rings is 2. The van der Waals surface area contributed by atoms with Gasteiger partial charge >= 0.3 is 0 Å². The SMILES string of the molecule is CC(c1nc2ccccc2s1)N(C)C(=O)C=Cc1ccccc1. The van der Waals surface area contributed by atoms with E-state index in [0.29, 0.717) is 0 Å². The lowest BCUT2D eigenvalue weighted by Crippen LogP contribution is -2.27. The highest BCUT2D eigenvalue weighted by molar-refractivity contribution is 7.18. The van der Waals surface area contributed by atoms with Crippen LogP contribution in [0.25, 0.3) is 16.3 Å². The van der Waals surface area contributed by atoms with Crippen molar-refractivity contribution in [3.05, 3.63) is 71.2 Å². The van der Waals surface area contributed by atoms with Gasteiger partial charge in [0, 0.05) is 13.1 Å². The smallest absolute Gasteiger partial charge is 0.246 e. The molecule has 0 spiro atoms. The van der Waals surface area contributed by atoms with Gasteiger partial charge in [-0.25, -0.2) is 4.98 Å². The summed E-state index contributed by atoms with van der Waals surface area (Å²) >= 11 is 1.64. The Labute approximate surface area is 139 Å². The van der Waals surface area contributed by atoms with Gasteiger partial charge in [0.15, 0.2) is 0 Å². The number of amides is 1. The number of para-hydroxylation sites is 1. The van der Waals surface area contributed by atoms with E-state index >= 15 is 0 Å². The Morgan fingerprint density at radius 2 is 1.83 bits per heavy atom. The molecular formula is C19H18N2OS. The van der Waals surface area contributed by atoms with Crippen LogP contribution < -0.4 is 0 Å². The molecule has 3 rings (SSSR count). The molecule has 0 fully saturated rings. The molecule has 2 aromatic carbocycles. The van der Waals surface area contributed by atoms with Crippen molar-refractivity contribution in [3.63, 3.8) is 0 Å². The van der Waals surface area contributed by atoms with Crippen molar-refractivity contribution in [2.24, 2.45) is 0 Å². The van der Waals surface area contributed by atoms with Gasteiger partial charge in [0.2, 0.25) is 5.91 Å². The number of hydrogen-bond acceptors (Lipinski definition) is 3. The van der Waals surface area contributed by atoms with Crippen molar-refractivity contribution in [2.45, 2.75) is 13.0 Å². The summed E-state index contributed by atoms with van der Waals surface area (Å²) in [7, 11) is 1.81. The average Bonchev–Trinajstić information content (AvgIpc) is 3.03. The van der Waals surface area contributed by atoms with Crippen molar-refractivity contribution < 1.29 is 4.79 Å². The van der Waals surface area contributed by atoms with Gasteiger partial charge < -0.3 is 4.90 Å². The molecule has 0 saturated heterocycles. The molecule has 0 aliphatic heterocycles. The van der Waals surface area contributed by atoms with Gasteiger partial charge in [-0.1, -0.05) is 42.5 Å². The zero-order valence-corrected chi connectivity index (χ0v) is 14.0. The molecule has 0 bridgehead atoms. The first-order chi connectivity index (χ1) is 11.1. The molecule has 116 valence electrons. The predicted octanol–water partition coefficient (Wildman–Crippen LogP) is 4.53. The molecule has 1 unspecified atom stereocenters. The van der Waals surface area contributed by atoms with E-state index in [0.717, 1.165) is 20.8 Å². The highest BCUT2D eigenvalue weighted by Crippen LogP contribution is 2.28. The second-order valence-electron chi connectivity index (χ2n) is 5.39. The third kappa shape index (κ3) is 3.48. The van der Waals surface area contributed by atoms with Crippen LogP contribution in [0.3, 0.4) is 0 Å². The van der Waals surface area contributed by atoms with Crippen molar-refractivity contribution in [1.29, 1.82) is 0 Å². The molecule has 4 heteroatoms. The number of aromatic nitrogens is 1. The van der Waals surface area contributed by atoms with Crippen LogP contribution in [-0.4, -0.2) is 22.8 Å². The van der Waals surface area contributed by atoms with Crippen LogP contribution in [0.5, 0.6) is 0 Å². The minimum absolute atomic E-state index is 0.0272. The normalized spacial score (nSPS) is 12.6. The standard InChI is InChI=1S/C19H18N2OS/c1-14(19-20-16-10-6-7-11-17(16)23-19)21(2)18(22)13-12-15-8-4-3-5-9-15/h3-14H,1-2H3. The Balaban J connectivity index is 1.74. The molecule has 1 heterocycles. The molecular weight excluding hydrogens is 304 g/mol. The topological polar surface area (TPSA) is 33.2 Å². The highest BCUT2D eigenvalue weighted by atomic mass is 32.1. The number of fused-ring (bicyclic) bond motifs is 1. The number of nitrogens with zero attached hydrogens (tertiary/aromatic N) is 2. The summed E-state index contributed by atoms with van der Waals surface area (Å²) in [6, 6.07) is 17.8. The fourth-order valence-electron chi connectivity index (χ4n) is 2.27. The van der Waals surface area contributed by atoms with Crippen LogP contribution in [0.2, 0.25) is 0 Å². The summed E-state index contributed by atoms with van der Waals surface area (Å²) in [6.45, 7) is 2.01. The maximum Gasteiger partial charge on any atom is 0.246 e. The number of carbonyl (C=O) groups is 1. The lowest BCUT2D eigenvalue weighted by molar-refractivity contribution is -0.126. The maximum atomic E-state index is 12.4. The summed E-state index contributed by atoms with van der Waals surface area (Å²) in [5.74, 6) is -0.0272. The third-order valence-corrected chi connectivity index (χ3v) is 5.02. The minimum Gasteiger partial charge on any atom is -0.333 e. The predicted molar refractivity (Wildman–Crippen MR) is 96.3 cm³/mol. The summed E-state index contributed by atoms with van der Waals surface area (Å²) in [4.78, 5) is 18.7. The second kappa shape index (κ2) is 6.75. The first-order valence-corrected chi connectivity index (χ1v) is 8.32. The summed E-state index contributed by atoms with van der Waals surface area (Å²) < 4.78 is 1.15. The van der Waals surface area contributed by atoms with E-state index in [9.17, 15) is 4.79 Å². The lowest BCUT2D eigenvalue weighted by Gasteiger charge is -2.21. The number of carbonyl (C=O) groups excluding carboxylic acids is 1. The Morgan fingerprint density at radius 3 is 2.57 bits per heavy atom. The number of rotatable bonds is 4. The molecule has 1 amide bonds. The van der Waals surface area contributed by atoms with Crippen molar-refractivity contribution in [2.75, 3.05) is 7.05 Å². The second-order valence-corrected chi connectivity index (χ2v) is 6.45. The molecule has 0 aliphatic rings. The van der Waals surface area contributed by atoms with E-state index < -0.39 is 0 Å². The fourth-order valence-corrected chi connectivity index (χ4v) is 3.34. The van der Waals surface area contributed by atoms with E-state index in [1.165, 1.54) is 0 Å². The highest BCUT2D eigenvalue weighted by Gasteiger charge is 2.19. The first-order valence-electron chi connectivity index (χ1n) is 7.50. The molecule has 3 nitrogen and oxygen atoms in total. The average molecular weight is 322 g/mol. The van der Waals surface area contributed by atoms with E-state index in [4.69, 9.17) is 0 Å². The molecule has 1 aromatic heterocycles. The maximum absolute atomic E-state index is 12.4. The van der Waals surface area contributed by atoms with E-state index in [1.807, 2.05) is 68.6 Å². The molecule has 0 aliphatic carbocycles. The third-order valence-electron chi connectivity index (χ3n) is 3.81. The Kier molecular flexibility index (Phi) is 4.53. The monoisotopic (exact) mass is 322 g/mol. The van der Waals surface area contributed by atoms with Crippen LogP contribution >= 0.6 is 11.3 Å². The summed E-state index contributed by atoms with van der Waals surface area (Å²) in [5.41, 5.74) is 2.00. The first kappa shape index (κ1) is 15.4. The molecule has 0 saturated carbocycles. The van der Waals surface area contributed by atoms with Crippen molar-refractivity contribution in [1.82, 2.24) is 9.88 Å². The van der Waals surface area contributed by atoms with Crippen LogP contribution in [0, 0.1) is 0 Å². The van der Waals surface area contributed by atoms with Gasteiger partial charge in [0.05, 0.1) is 16.3 Å². The number of thiazole rings is 1. The summed E-state index contributed by atoms with van der Waals surface area (Å²) in [6.07, 6.45) is 3.45. The quantitative estimate of drug-likeness (QED) is 0.661. The Bertz CT molecular complexity index is 806. The minimum atomic E-state index is -0.0553. The van der Waals surface area contributed by atoms with E-state index in [-0.39, 0.29) is 11.9 Å².